The summed E-state index contributed by atoms with van der Waals surface area (Å²) in [5, 5.41) is 9.02. The fraction of sp³-hybridized carbons (Fsp3) is 0.250. The van der Waals surface area contributed by atoms with Crippen molar-refractivity contribution in [3.05, 3.63) is 86.8 Å². The Bertz CT molecular complexity index is 1440. The summed E-state index contributed by atoms with van der Waals surface area (Å²) in [5.74, 6) is 0.702. The summed E-state index contributed by atoms with van der Waals surface area (Å²) >= 11 is 0. The number of nitrogens with zero attached hydrogens (tertiary/aromatic N) is 5. The summed E-state index contributed by atoms with van der Waals surface area (Å²) in [6.45, 7) is 4.59. The smallest absolute Gasteiger partial charge is 0.337 e. The number of benzene rings is 2. The molecule has 0 radical (unpaired) electrons. The van der Waals surface area contributed by atoms with Crippen LogP contribution >= 0.6 is 0 Å². The largest absolute Gasteiger partial charge is 0.497 e. The SMILES string of the molecule is COc1cccc(-n2c(=O)n(CC(C)C)c(=O)c3c2ncn3Cc2ccc(C#N)cc2)c1. The van der Waals surface area contributed by atoms with Crippen LogP contribution in [0.15, 0.2) is 64.4 Å². The Morgan fingerprint density at radius 1 is 1.12 bits per heavy atom. The number of rotatable bonds is 6. The van der Waals surface area contributed by atoms with Crippen LogP contribution in [0, 0.1) is 17.2 Å². The van der Waals surface area contributed by atoms with Gasteiger partial charge in [0, 0.05) is 19.2 Å². The quantitative estimate of drug-likeness (QED) is 0.470. The van der Waals surface area contributed by atoms with E-state index in [0.29, 0.717) is 41.3 Å². The number of hydrogen-bond acceptors (Lipinski definition) is 5. The highest BCUT2D eigenvalue weighted by Crippen LogP contribution is 2.19. The molecule has 0 saturated heterocycles. The maximum absolute atomic E-state index is 13.4. The highest BCUT2D eigenvalue weighted by molar-refractivity contribution is 5.72. The van der Waals surface area contributed by atoms with Crippen molar-refractivity contribution in [3.63, 3.8) is 0 Å². The van der Waals surface area contributed by atoms with Crippen LogP contribution in [0.1, 0.15) is 25.0 Å². The predicted molar refractivity (Wildman–Crippen MR) is 121 cm³/mol. The lowest BCUT2D eigenvalue weighted by molar-refractivity contribution is 0.414. The van der Waals surface area contributed by atoms with Crippen LogP contribution in [0.25, 0.3) is 16.9 Å². The molecule has 4 rings (SSSR count). The first-order chi connectivity index (χ1) is 15.4. The van der Waals surface area contributed by atoms with Gasteiger partial charge in [0.15, 0.2) is 11.2 Å². The van der Waals surface area contributed by atoms with Crippen molar-refractivity contribution in [2.24, 2.45) is 5.92 Å². The first kappa shape index (κ1) is 21.1. The van der Waals surface area contributed by atoms with Gasteiger partial charge in [0.1, 0.15) is 5.75 Å². The molecule has 2 heterocycles. The molecule has 162 valence electrons. The molecule has 8 nitrogen and oxygen atoms in total. The Kier molecular flexibility index (Phi) is 5.65. The lowest BCUT2D eigenvalue weighted by Crippen LogP contribution is -2.41. The molecule has 0 aliphatic carbocycles. The third-order valence-electron chi connectivity index (χ3n) is 5.20. The van der Waals surface area contributed by atoms with Crippen molar-refractivity contribution >= 4 is 11.2 Å². The van der Waals surface area contributed by atoms with Crippen LogP contribution < -0.4 is 16.0 Å². The van der Waals surface area contributed by atoms with E-state index in [1.54, 1.807) is 54.4 Å². The molecule has 0 spiro atoms. The lowest BCUT2D eigenvalue weighted by Gasteiger charge is -2.14. The molecule has 0 aliphatic heterocycles. The van der Waals surface area contributed by atoms with Gasteiger partial charge in [-0.05, 0) is 35.7 Å². The average Bonchev–Trinajstić information content (AvgIpc) is 3.20. The molecule has 8 heteroatoms. The summed E-state index contributed by atoms with van der Waals surface area (Å²) in [6.07, 6.45) is 1.57. The van der Waals surface area contributed by atoms with E-state index in [1.165, 1.54) is 9.13 Å². The molecule has 0 amide bonds. The van der Waals surface area contributed by atoms with Crippen LogP contribution in [0.4, 0.5) is 0 Å². The van der Waals surface area contributed by atoms with Gasteiger partial charge in [-0.25, -0.2) is 14.3 Å². The van der Waals surface area contributed by atoms with Crippen molar-refractivity contribution in [1.29, 1.82) is 5.26 Å². The van der Waals surface area contributed by atoms with E-state index in [2.05, 4.69) is 11.1 Å². The molecule has 32 heavy (non-hydrogen) atoms. The van der Waals surface area contributed by atoms with Gasteiger partial charge < -0.3 is 9.30 Å². The van der Waals surface area contributed by atoms with Gasteiger partial charge >= 0.3 is 5.69 Å². The number of methoxy groups -OCH3 is 1. The van der Waals surface area contributed by atoms with Crippen LogP contribution in [-0.2, 0) is 13.1 Å². The summed E-state index contributed by atoms with van der Waals surface area (Å²) in [5.41, 5.74) is 1.88. The first-order valence-corrected chi connectivity index (χ1v) is 10.3. The normalized spacial score (nSPS) is 11.1. The van der Waals surface area contributed by atoms with E-state index in [9.17, 15) is 9.59 Å². The summed E-state index contributed by atoms with van der Waals surface area (Å²) in [7, 11) is 1.56. The van der Waals surface area contributed by atoms with E-state index in [4.69, 9.17) is 10.00 Å². The maximum atomic E-state index is 13.4. The van der Waals surface area contributed by atoms with E-state index in [0.717, 1.165) is 5.56 Å². The zero-order valence-corrected chi connectivity index (χ0v) is 18.1. The highest BCUT2D eigenvalue weighted by atomic mass is 16.5. The van der Waals surface area contributed by atoms with Crippen molar-refractivity contribution in [2.45, 2.75) is 26.9 Å². The number of fused-ring (bicyclic) bond motifs is 1. The fourth-order valence-corrected chi connectivity index (χ4v) is 3.69. The predicted octanol–water partition coefficient (Wildman–Crippen LogP) is 2.93. The van der Waals surface area contributed by atoms with E-state index < -0.39 is 5.69 Å². The topological polar surface area (TPSA) is 94.8 Å². The number of imidazole rings is 1. The number of nitriles is 1. The third kappa shape index (κ3) is 3.81. The minimum absolute atomic E-state index is 0.103. The average molecular weight is 429 g/mol. The molecule has 2 aromatic carbocycles. The van der Waals surface area contributed by atoms with Gasteiger partial charge in [-0.3, -0.25) is 9.36 Å². The summed E-state index contributed by atoms with van der Waals surface area (Å²) in [6, 6.07) is 16.4. The zero-order chi connectivity index (χ0) is 22.8. The van der Waals surface area contributed by atoms with Gasteiger partial charge in [0.05, 0.1) is 30.8 Å². The van der Waals surface area contributed by atoms with Crippen LogP contribution in [0.2, 0.25) is 0 Å². The molecule has 0 atom stereocenters. The Hall–Kier alpha value is -4.12. The molecule has 0 N–H and O–H groups in total. The van der Waals surface area contributed by atoms with Crippen LogP contribution in [0.3, 0.4) is 0 Å². The second-order valence-electron chi connectivity index (χ2n) is 7.98. The van der Waals surface area contributed by atoms with Gasteiger partial charge in [-0.2, -0.15) is 5.26 Å². The second-order valence-corrected chi connectivity index (χ2v) is 7.98. The second kappa shape index (κ2) is 8.55. The van der Waals surface area contributed by atoms with Gasteiger partial charge in [0.2, 0.25) is 0 Å². The van der Waals surface area contributed by atoms with E-state index in [-0.39, 0.29) is 11.5 Å². The Labute approximate surface area is 184 Å². The molecular weight excluding hydrogens is 406 g/mol. The van der Waals surface area contributed by atoms with Crippen LogP contribution in [0.5, 0.6) is 5.75 Å². The maximum Gasteiger partial charge on any atom is 0.337 e. The molecule has 0 bridgehead atoms. The van der Waals surface area contributed by atoms with E-state index in [1.807, 2.05) is 26.0 Å². The Morgan fingerprint density at radius 3 is 2.53 bits per heavy atom. The monoisotopic (exact) mass is 429 g/mol. The van der Waals surface area contributed by atoms with Crippen molar-refractivity contribution in [1.82, 2.24) is 18.7 Å². The van der Waals surface area contributed by atoms with Crippen molar-refractivity contribution in [2.75, 3.05) is 7.11 Å². The standard InChI is InChI=1S/C24H23N5O3/c1-16(2)13-28-23(30)21-22(29(24(28)31)19-5-4-6-20(11-19)32-3)26-15-27(21)14-18-9-7-17(12-25)8-10-18/h4-11,15-16H,13-14H2,1-3H3. The molecule has 0 fully saturated rings. The third-order valence-corrected chi connectivity index (χ3v) is 5.20. The fourth-order valence-electron chi connectivity index (χ4n) is 3.69. The summed E-state index contributed by atoms with van der Waals surface area (Å²) in [4.78, 5) is 31.2. The first-order valence-electron chi connectivity index (χ1n) is 10.3. The van der Waals surface area contributed by atoms with Gasteiger partial charge in [0.25, 0.3) is 5.56 Å². The van der Waals surface area contributed by atoms with E-state index >= 15 is 0 Å². The number of ether oxygens (including phenoxy) is 1. The zero-order valence-electron chi connectivity index (χ0n) is 18.1. The number of hydrogen-bond donors (Lipinski definition) is 0. The molecule has 4 aromatic rings. The minimum Gasteiger partial charge on any atom is -0.497 e. The van der Waals surface area contributed by atoms with Gasteiger partial charge in [-0.15, -0.1) is 0 Å². The van der Waals surface area contributed by atoms with Gasteiger partial charge in [-0.1, -0.05) is 32.0 Å². The number of aromatic nitrogens is 4. The highest BCUT2D eigenvalue weighted by Gasteiger charge is 2.20. The molecule has 2 aromatic heterocycles. The lowest BCUT2D eigenvalue weighted by atomic mass is 10.1. The molecule has 0 unspecified atom stereocenters. The minimum atomic E-state index is -0.437. The van der Waals surface area contributed by atoms with Crippen molar-refractivity contribution in [3.8, 4) is 17.5 Å². The summed E-state index contributed by atoms with van der Waals surface area (Å²) < 4.78 is 9.78. The molecule has 0 saturated carbocycles. The Morgan fingerprint density at radius 2 is 1.88 bits per heavy atom. The molecule has 0 aliphatic rings. The molecular formula is C24H23N5O3. The van der Waals surface area contributed by atoms with Crippen molar-refractivity contribution < 1.29 is 4.74 Å². The Balaban J connectivity index is 1.96. The van der Waals surface area contributed by atoms with Crippen LogP contribution in [-0.4, -0.2) is 25.8 Å².